The minimum absolute atomic E-state index is 0.178. The van der Waals surface area contributed by atoms with Crippen molar-refractivity contribution in [2.24, 2.45) is 5.92 Å². The average Bonchev–Trinajstić information content (AvgIpc) is 2.33. The van der Waals surface area contributed by atoms with Gasteiger partial charge in [-0.25, -0.2) is 4.79 Å². The van der Waals surface area contributed by atoms with Gasteiger partial charge < -0.3 is 10.1 Å². The van der Waals surface area contributed by atoms with Crippen molar-refractivity contribution >= 4 is 5.97 Å². The van der Waals surface area contributed by atoms with E-state index in [-0.39, 0.29) is 12.0 Å². The molecule has 98 valence electrons. The zero-order chi connectivity index (χ0) is 12.8. The fourth-order valence-corrected chi connectivity index (χ4v) is 2.19. The second-order valence-corrected chi connectivity index (χ2v) is 4.80. The highest BCUT2D eigenvalue weighted by Gasteiger charge is 2.24. The van der Waals surface area contributed by atoms with Gasteiger partial charge in [0, 0.05) is 0 Å². The van der Waals surface area contributed by atoms with Crippen LogP contribution in [0.25, 0.3) is 0 Å². The predicted octanol–water partition coefficient (Wildman–Crippen LogP) is 2.68. The van der Waals surface area contributed by atoms with Crippen LogP contribution in [0, 0.1) is 5.92 Å². The van der Waals surface area contributed by atoms with Crippen LogP contribution in [0.4, 0.5) is 0 Å². The second kappa shape index (κ2) is 6.55. The first-order valence-electron chi connectivity index (χ1n) is 6.76. The van der Waals surface area contributed by atoms with Crippen LogP contribution in [0.5, 0.6) is 0 Å². The van der Waals surface area contributed by atoms with Gasteiger partial charge in [0.25, 0.3) is 0 Å². The molecular weight excluding hydrogens is 226 g/mol. The topological polar surface area (TPSA) is 38.3 Å². The van der Waals surface area contributed by atoms with Crippen molar-refractivity contribution in [3.05, 3.63) is 35.9 Å². The van der Waals surface area contributed by atoms with Gasteiger partial charge in [-0.05, 0) is 37.8 Å². The molecule has 1 aromatic rings. The van der Waals surface area contributed by atoms with Crippen LogP contribution < -0.4 is 5.32 Å². The molecule has 0 aliphatic heterocycles. The van der Waals surface area contributed by atoms with Gasteiger partial charge in [0.05, 0.1) is 6.61 Å². The van der Waals surface area contributed by atoms with Crippen LogP contribution >= 0.6 is 0 Å². The zero-order valence-corrected chi connectivity index (χ0v) is 10.9. The molecule has 1 aliphatic rings. The molecule has 0 bridgehead atoms. The predicted molar refractivity (Wildman–Crippen MR) is 71.2 cm³/mol. The summed E-state index contributed by atoms with van der Waals surface area (Å²) < 4.78 is 5.14. The molecule has 1 aromatic carbocycles. The van der Waals surface area contributed by atoms with Crippen molar-refractivity contribution in [1.82, 2.24) is 5.32 Å². The van der Waals surface area contributed by atoms with Crippen LogP contribution in [-0.4, -0.2) is 19.1 Å². The van der Waals surface area contributed by atoms with Crippen LogP contribution in [0.1, 0.15) is 37.8 Å². The Morgan fingerprint density at radius 3 is 2.67 bits per heavy atom. The monoisotopic (exact) mass is 247 g/mol. The molecule has 1 N–H and O–H groups in total. The van der Waals surface area contributed by atoms with Crippen LogP contribution in [0.2, 0.25) is 0 Å². The maximum absolute atomic E-state index is 12.0. The fourth-order valence-electron chi connectivity index (χ4n) is 2.19. The quantitative estimate of drug-likeness (QED) is 0.785. The summed E-state index contributed by atoms with van der Waals surface area (Å²) in [4.78, 5) is 12.0. The van der Waals surface area contributed by atoms with Gasteiger partial charge in [0.2, 0.25) is 0 Å². The molecule has 3 heteroatoms. The van der Waals surface area contributed by atoms with Gasteiger partial charge >= 0.3 is 5.97 Å². The number of esters is 1. The lowest BCUT2D eigenvalue weighted by Gasteiger charge is -2.27. The molecular formula is C15H21NO2. The number of hydrogen-bond acceptors (Lipinski definition) is 3. The van der Waals surface area contributed by atoms with E-state index < -0.39 is 0 Å². The van der Waals surface area contributed by atoms with E-state index in [1.807, 2.05) is 37.3 Å². The third-order valence-corrected chi connectivity index (χ3v) is 3.49. The number of nitrogens with one attached hydrogen (secondary N) is 1. The van der Waals surface area contributed by atoms with E-state index in [1.165, 1.54) is 19.3 Å². The van der Waals surface area contributed by atoms with Crippen LogP contribution in [0.15, 0.2) is 30.3 Å². The van der Waals surface area contributed by atoms with Crippen molar-refractivity contribution in [1.29, 1.82) is 0 Å². The van der Waals surface area contributed by atoms with Crippen molar-refractivity contribution in [2.75, 3.05) is 13.2 Å². The molecule has 0 spiro atoms. The second-order valence-electron chi connectivity index (χ2n) is 4.80. The van der Waals surface area contributed by atoms with Gasteiger partial charge in [-0.2, -0.15) is 0 Å². The molecule has 0 heterocycles. The summed E-state index contributed by atoms with van der Waals surface area (Å²) in [5.41, 5.74) is 0.982. The first kappa shape index (κ1) is 13.1. The minimum atomic E-state index is -0.327. The first-order valence-corrected chi connectivity index (χ1v) is 6.76. The van der Waals surface area contributed by atoms with E-state index in [0.717, 1.165) is 18.0 Å². The molecule has 1 fully saturated rings. The third kappa shape index (κ3) is 3.33. The summed E-state index contributed by atoms with van der Waals surface area (Å²) in [5.74, 6) is 0.550. The van der Waals surface area contributed by atoms with Gasteiger partial charge in [-0.3, -0.25) is 0 Å². The van der Waals surface area contributed by atoms with E-state index in [0.29, 0.717) is 6.61 Å². The number of carbonyl (C=O) groups is 1. The number of benzene rings is 1. The molecule has 0 saturated heterocycles. The Balaban J connectivity index is 1.99. The summed E-state index contributed by atoms with van der Waals surface area (Å²) in [6.07, 6.45) is 3.87. The van der Waals surface area contributed by atoms with Crippen molar-refractivity contribution in [2.45, 2.75) is 32.2 Å². The fraction of sp³-hybridized carbons (Fsp3) is 0.533. The average molecular weight is 247 g/mol. The zero-order valence-electron chi connectivity index (χ0n) is 10.9. The summed E-state index contributed by atoms with van der Waals surface area (Å²) in [6, 6.07) is 9.47. The summed E-state index contributed by atoms with van der Waals surface area (Å²) in [6.45, 7) is 3.16. The molecule has 0 amide bonds. The van der Waals surface area contributed by atoms with E-state index in [2.05, 4.69) is 5.32 Å². The lowest BCUT2D eigenvalue weighted by atomic mass is 9.85. The number of hydrogen-bond donors (Lipinski definition) is 1. The van der Waals surface area contributed by atoms with E-state index in [4.69, 9.17) is 4.74 Å². The van der Waals surface area contributed by atoms with E-state index in [9.17, 15) is 4.79 Å². The summed E-state index contributed by atoms with van der Waals surface area (Å²) in [7, 11) is 0. The van der Waals surface area contributed by atoms with Gasteiger partial charge in [0.15, 0.2) is 0 Å². The number of carbonyl (C=O) groups excluding carboxylic acids is 1. The highest BCUT2D eigenvalue weighted by atomic mass is 16.5. The van der Waals surface area contributed by atoms with Gasteiger partial charge in [-0.1, -0.05) is 36.8 Å². The Kier molecular flexibility index (Phi) is 4.76. The molecule has 2 rings (SSSR count). The van der Waals surface area contributed by atoms with Gasteiger partial charge in [-0.15, -0.1) is 0 Å². The van der Waals surface area contributed by atoms with Crippen LogP contribution in [-0.2, 0) is 9.53 Å². The van der Waals surface area contributed by atoms with Crippen molar-refractivity contribution in [3.63, 3.8) is 0 Å². The number of ether oxygens (including phenoxy) is 1. The number of rotatable bonds is 6. The van der Waals surface area contributed by atoms with Gasteiger partial charge in [0.1, 0.15) is 6.04 Å². The Bertz CT molecular complexity index is 373. The molecule has 0 radical (unpaired) electrons. The van der Waals surface area contributed by atoms with Crippen molar-refractivity contribution in [3.8, 4) is 0 Å². The SMILES string of the molecule is CCOC(=O)C(NCC1CCC1)c1ccccc1. The Hall–Kier alpha value is -1.35. The summed E-state index contributed by atoms with van der Waals surface area (Å²) in [5, 5.41) is 3.35. The molecule has 1 unspecified atom stereocenters. The molecule has 1 atom stereocenters. The lowest BCUT2D eigenvalue weighted by molar-refractivity contribution is -0.146. The molecule has 3 nitrogen and oxygen atoms in total. The Morgan fingerprint density at radius 1 is 1.39 bits per heavy atom. The van der Waals surface area contributed by atoms with E-state index >= 15 is 0 Å². The first-order chi connectivity index (χ1) is 8.81. The highest BCUT2D eigenvalue weighted by Crippen LogP contribution is 2.26. The van der Waals surface area contributed by atoms with Crippen molar-refractivity contribution < 1.29 is 9.53 Å². The lowest BCUT2D eigenvalue weighted by Crippen LogP contribution is -2.35. The summed E-state index contributed by atoms with van der Waals surface area (Å²) >= 11 is 0. The van der Waals surface area contributed by atoms with E-state index in [1.54, 1.807) is 0 Å². The maximum Gasteiger partial charge on any atom is 0.327 e. The van der Waals surface area contributed by atoms with Crippen LogP contribution in [0.3, 0.4) is 0 Å². The Labute approximate surface area is 109 Å². The normalized spacial score (nSPS) is 16.9. The molecule has 1 aliphatic carbocycles. The maximum atomic E-state index is 12.0. The molecule has 18 heavy (non-hydrogen) atoms. The minimum Gasteiger partial charge on any atom is -0.465 e. The third-order valence-electron chi connectivity index (χ3n) is 3.49. The highest BCUT2D eigenvalue weighted by molar-refractivity contribution is 5.77. The largest absolute Gasteiger partial charge is 0.465 e. The Morgan fingerprint density at radius 2 is 2.11 bits per heavy atom. The standard InChI is InChI=1S/C15H21NO2/c1-2-18-15(17)14(13-9-4-3-5-10-13)16-11-12-7-6-8-12/h3-5,9-10,12,14,16H,2,6-8,11H2,1H3. The smallest absolute Gasteiger partial charge is 0.327 e. The molecule has 1 saturated carbocycles. The molecule has 0 aromatic heterocycles.